The van der Waals surface area contributed by atoms with Gasteiger partial charge in [-0.2, -0.15) is 0 Å². The van der Waals surface area contributed by atoms with Crippen molar-refractivity contribution in [1.29, 1.82) is 0 Å². The zero-order chi connectivity index (χ0) is 31.2. The molecule has 6 rings (SSSR count). The summed E-state index contributed by atoms with van der Waals surface area (Å²) in [5.74, 6) is 0. The van der Waals surface area contributed by atoms with Crippen molar-refractivity contribution in [2.75, 3.05) is 16.5 Å². The first-order valence-electron chi connectivity index (χ1n) is 17.7. The molecule has 6 heteroatoms. The predicted molar refractivity (Wildman–Crippen MR) is 196 cm³/mol. The molecule has 2 aromatic rings. The van der Waals surface area contributed by atoms with Crippen LogP contribution in [0.5, 0.6) is 0 Å². The van der Waals surface area contributed by atoms with Gasteiger partial charge in [-0.3, -0.25) is 0 Å². The van der Waals surface area contributed by atoms with Crippen molar-refractivity contribution in [3.8, 4) is 0 Å². The fourth-order valence-electron chi connectivity index (χ4n) is 9.71. The molecule has 0 aromatic heterocycles. The van der Waals surface area contributed by atoms with Crippen LogP contribution >= 0.6 is 31.1 Å². The van der Waals surface area contributed by atoms with Gasteiger partial charge in [0, 0.05) is 36.5 Å². The molecule has 0 N–H and O–H groups in total. The van der Waals surface area contributed by atoms with Crippen molar-refractivity contribution >= 4 is 42.5 Å². The Bertz CT molecular complexity index is 1330. The number of alkyl halides is 2. The molecule has 1 unspecified atom stereocenters. The SMILES string of the molecule is Cc1cc(C)c(N2CN(c3c(C)cc(C)cc3C)C(Cl)(Cl)C2=C2CCCCC2P(C2CCCCC2)C2CCCCC2)c(C)c1.[Ru]. The molecule has 248 valence electrons. The summed E-state index contributed by atoms with van der Waals surface area (Å²) in [6.45, 7) is 14.1. The first-order chi connectivity index (χ1) is 21.1. The summed E-state index contributed by atoms with van der Waals surface area (Å²) in [4.78, 5) is 4.90. The minimum Gasteiger partial charge on any atom is -0.322 e. The smallest absolute Gasteiger partial charge is 0.233 e. The van der Waals surface area contributed by atoms with Crippen molar-refractivity contribution in [3.63, 3.8) is 0 Å². The normalized spacial score (nSPS) is 24.8. The molecule has 0 bridgehead atoms. The first kappa shape index (κ1) is 35.7. The standard InChI is InChI=1S/C39H55Cl2N2P.Ru/c1-26-21-28(3)36(29(4)22-26)42-25-43(37-30(5)23-27(2)24-31(37)6)39(40,41)38(42)34-19-13-14-20-35(34)44(32-15-9-7-10-16-32)33-17-11-8-12-18-33;/h21-24,32-33,35H,7-20,25H2,1-6H3;. The van der Waals surface area contributed by atoms with E-state index >= 15 is 0 Å². The molecule has 2 aromatic carbocycles. The third-order valence-corrected chi connectivity index (χ3v) is 16.0. The zero-order valence-corrected chi connectivity index (χ0v) is 32.7. The van der Waals surface area contributed by atoms with Crippen LogP contribution in [0.2, 0.25) is 0 Å². The number of aryl methyl sites for hydroxylation is 6. The van der Waals surface area contributed by atoms with Gasteiger partial charge >= 0.3 is 0 Å². The average molecular weight is 755 g/mol. The summed E-state index contributed by atoms with van der Waals surface area (Å²) >= 11 is 15.7. The van der Waals surface area contributed by atoms with Crippen LogP contribution in [0, 0.1) is 41.5 Å². The molecular formula is C39H55Cl2N2PRu. The molecule has 0 amide bonds. The van der Waals surface area contributed by atoms with E-state index < -0.39 is 4.46 Å². The molecule has 0 radical (unpaired) electrons. The molecular weight excluding hydrogens is 699 g/mol. The van der Waals surface area contributed by atoms with E-state index in [4.69, 9.17) is 23.2 Å². The molecule has 1 aliphatic heterocycles. The van der Waals surface area contributed by atoms with Crippen molar-refractivity contribution in [2.45, 2.75) is 153 Å². The number of nitrogens with zero attached hydrogens (tertiary/aromatic N) is 2. The van der Waals surface area contributed by atoms with E-state index in [1.54, 1.807) is 5.57 Å². The maximum absolute atomic E-state index is 7.87. The molecule has 1 saturated heterocycles. The second kappa shape index (κ2) is 14.9. The van der Waals surface area contributed by atoms with E-state index in [0.29, 0.717) is 12.3 Å². The Morgan fingerprint density at radius 3 is 1.56 bits per heavy atom. The molecule has 0 spiro atoms. The fourth-order valence-corrected chi connectivity index (χ4v) is 15.1. The molecule has 3 aliphatic carbocycles. The molecule has 3 saturated carbocycles. The number of hydrogen-bond donors (Lipinski definition) is 0. The average Bonchev–Trinajstić information content (AvgIpc) is 3.23. The van der Waals surface area contributed by atoms with Crippen LogP contribution < -0.4 is 9.80 Å². The quantitative estimate of drug-likeness (QED) is 0.130. The summed E-state index contributed by atoms with van der Waals surface area (Å²) in [6.07, 6.45) is 19.4. The van der Waals surface area contributed by atoms with Gasteiger partial charge in [-0.15, -0.1) is 0 Å². The first-order valence-corrected chi connectivity index (χ1v) is 20.0. The van der Waals surface area contributed by atoms with E-state index in [1.807, 2.05) is 0 Å². The Kier molecular flexibility index (Phi) is 11.8. The topological polar surface area (TPSA) is 6.48 Å². The van der Waals surface area contributed by atoms with Gasteiger partial charge in [-0.05, 0) is 126 Å². The minimum atomic E-state index is -1.13. The molecule has 4 fully saturated rings. The van der Waals surface area contributed by atoms with Gasteiger partial charge in [-0.25, -0.2) is 0 Å². The number of anilines is 2. The summed E-state index contributed by atoms with van der Waals surface area (Å²) < 4.78 is -1.13. The molecule has 1 heterocycles. The van der Waals surface area contributed by atoms with E-state index in [0.717, 1.165) is 17.7 Å². The maximum atomic E-state index is 7.87. The van der Waals surface area contributed by atoms with Crippen LogP contribution in [0.3, 0.4) is 0 Å². The molecule has 1 atom stereocenters. The molecule has 2 nitrogen and oxygen atoms in total. The predicted octanol–water partition coefficient (Wildman–Crippen LogP) is 12.3. The van der Waals surface area contributed by atoms with Gasteiger partial charge in [-0.1, -0.05) is 111 Å². The Morgan fingerprint density at radius 1 is 0.622 bits per heavy atom. The molecule has 4 aliphatic rings. The number of allylic oxidation sites excluding steroid dienone is 1. The third-order valence-electron chi connectivity index (χ3n) is 11.2. The number of benzene rings is 2. The van der Waals surface area contributed by atoms with Crippen LogP contribution in [-0.4, -0.2) is 28.1 Å². The number of rotatable bonds is 5. The number of halogens is 2. The van der Waals surface area contributed by atoms with E-state index in [1.165, 1.54) is 134 Å². The van der Waals surface area contributed by atoms with Crippen LogP contribution in [0.15, 0.2) is 35.5 Å². The number of hydrogen-bond acceptors (Lipinski definition) is 2. The van der Waals surface area contributed by atoms with Gasteiger partial charge in [0.05, 0.1) is 12.4 Å². The summed E-state index contributed by atoms with van der Waals surface area (Å²) in [5.41, 5.74) is 15.5. The summed E-state index contributed by atoms with van der Waals surface area (Å²) in [5, 5.41) is 0. The van der Waals surface area contributed by atoms with Crippen molar-refractivity contribution in [2.24, 2.45) is 0 Å². The van der Waals surface area contributed by atoms with Gasteiger partial charge in [0.25, 0.3) is 0 Å². The van der Waals surface area contributed by atoms with Crippen molar-refractivity contribution in [3.05, 3.63) is 68.9 Å². The summed E-state index contributed by atoms with van der Waals surface area (Å²) in [6, 6.07) is 9.27. The Morgan fingerprint density at radius 2 is 1.07 bits per heavy atom. The zero-order valence-electron chi connectivity index (χ0n) is 28.6. The van der Waals surface area contributed by atoms with Gasteiger partial charge < -0.3 is 9.80 Å². The Balaban J connectivity index is 0.00000400. The maximum Gasteiger partial charge on any atom is 0.233 e. The second-order valence-corrected chi connectivity index (χ2v) is 19.0. The van der Waals surface area contributed by atoms with Crippen molar-refractivity contribution < 1.29 is 19.5 Å². The van der Waals surface area contributed by atoms with Gasteiger partial charge in [0.15, 0.2) is 0 Å². The Labute approximate surface area is 298 Å². The van der Waals surface area contributed by atoms with Gasteiger partial charge in [0.1, 0.15) is 0 Å². The van der Waals surface area contributed by atoms with Crippen LogP contribution in [-0.2, 0) is 19.5 Å². The monoisotopic (exact) mass is 754 g/mol. The van der Waals surface area contributed by atoms with E-state index in [-0.39, 0.29) is 27.4 Å². The van der Waals surface area contributed by atoms with E-state index in [9.17, 15) is 0 Å². The largest absolute Gasteiger partial charge is 0.322 e. The summed E-state index contributed by atoms with van der Waals surface area (Å²) in [7, 11) is -0.126. The Hall–Kier alpha value is -0.587. The second-order valence-electron chi connectivity index (χ2n) is 14.7. The van der Waals surface area contributed by atoms with Crippen LogP contribution in [0.4, 0.5) is 11.4 Å². The molecule has 45 heavy (non-hydrogen) atoms. The van der Waals surface area contributed by atoms with Gasteiger partial charge in [0.2, 0.25) is 4.46 Å². The van der Waals surface area contributed by atoms with Crippen LogP contribution in [0.25, 0.3) is 0 Å². The third kappa shape index (κ3) is 7.10. The minimum absolute atomic E-state index is 0. The fraction of sp³-hybridized carbons (Fsp3) is 0.641. The van der Waals surface area contributed by atoms with Crippen LogP contribution in [0.1, 0.15) is 123 Å². The van der Waals surface area contributed by atoms with E-state index in [2.05, 4.69) is 75.6 Å². The van der Waals surface area contributed by atoms with Crippen molar-refractivity contribution in [1.82, 2.24) is 0 Å².